The minimum Gasteiger partial charge on any atom is -0.349 e. The Bertz CT molecular complexity index is 1540. The van der Waals surface area contributed by atoms with Crippen molar-refractivity contribution in [1.29, 1.82) is 0 Å². The van der Waals surface area contributed by atoms with Gasteiger partial charge in [-0.2, -0.15) is 0 Å². The molecule has 0 saturated heterocycles. The smallest absolute Gasteiger partial charge is 0.267 e. The number of rotatable bonds is 9. The summed E-state index contributed by atoms with van der Waals surface area (Å²) in [6, 6.07) is 12.4. The summed E-state index contributed by atoms with van der Waals surface area (Å²) in [5, 5.41) is 6.21. The third kappa shape index (κ3) is 6.10. The second-order valence-corrected chi connectivity index (χ2v) is 10.4. The Morgan fingerprint density at radius 1 is 0.650 bits per heavy atom. The lowest BCUT2D eigenvalue weighted by Gasteiger charge is -2.08. The molecule has 0 radical (unpaired) electrons. The molecule has 4 rings (SSSR count). The van der Waals surface area contributed by atoms with Crippen LogP contribution in [0.1, 0.15) is 52.8 Å². The molecular formula is C28H22Cl4N4O4. The molecule has 0 aliphatic heterocycles. The molecule has 2 aromatic heterocycles. The van der Waals surface area contributed by atoms with E-state index >= 15 is 0 Å². The van der Waals surface area contributed by atoms with Gasteiger partial charge in [-0.05, 0) is 36.4 Å². The Morgan fingerprint density at radius 2 is 1.02 bits per heavy atom. The molecule has 0 atom stereocenters. The van der Waals surface area contributed by atoms with Gasteiger partial charge in [0.15, 0.2) is 11.6 Å². The molecule has 0 fully saturated rings. The van der Waals surface area contributed by atoms with Crippen molar-refractivity contribution < 1.29 is 19.2 Å². The third-order valence-electron chi connectivity index (χ3n) is 6.09. The van der Waals surface area contributed by atoms with Gasteiger partial charge in [0.25, 0.3) is 11.8 Å². The quantitative estimate of drug-likeness (QED) is 0.188. The number of amides is 2. The highest BCUT2D eigenvalue weighted by atomic mass is 35.5. The van der Waals surface area contributed by atoms with Crippen LogP contribution in [0.25, 0.3) is 0 Å². The molecule has 8 nitrogen and oxygen atoms in total. The van der Waals surface area contributed by atoms with Crippen molar-refractivity contribution in [3.8, 4) is 0 Å². The van der Waals surface area contributed by atoms with E-state index in [1.54, 1.807) is 50.5 Å². The zero-order valence-corrected chi connectivity index (χ0v) is 24.3. The molecule has 0 saturated carbocycles. The van der Waals surface area contributed by atoms with Crippen LogP contribution in [0.15, 0.2) is 60.9 Å². The van der Waals surface area contributed by atoms with Crippen molar-refractivity contribution in [2.75, 3.05) is 13.1 Å². The third-order valence-corrected chi connectivity index (χ3v) is 7.73. The highest BCUT2D eigenvalue weighted by Crippen LogP contribution is 2.29. The number of carbonyl (C=O) groups is 4. The van der Waals surface area contributed by atoms with Gasteiger partial charge in [0.05, 0.1) is 20.1 Å². The van der Waals surface area contributed by atoms with Crippen LogP contribution < -0.4 is 10.6 Å². The van der Waals surface area contributed by atoms with Crippen molar-refractivity contribution in [3.05, 3.63) is 115 Å². The SMILES string of the molecule is Cn1cc(C(=O)c2cccc(Cl)c2Cl)cc1C(=O)NCCNC(=O)c1cc(C(=O)c2cccc(Cl)c2Cl)cn1C. The molecule has 12 heteroatoms. The number of hydrogen-bond donors (Lipinski definition) is 2. The molecule has 0 aliphatic rings. The van der Waals surface area contributed by atoms with Crippen LogP contribution in [0.2, 0.25) is 20.1 Å². The van der Waals surface area contributed by atoms with E-state index in [4.69, 9.17) is 46.4 Å². The largest absolute Gasteiger partial charge is 0.349 e. The first kappa shape index (κ1) is 29.4. The van der Waals surface area contributed by atoms with Crippen molar-refractivity contribution in [2.24, 2.45) is 14.1 Å². The maximum absolute atomic E-state index is 12.9. The lowest BCUT2D eigenvalue weighted by atomic mass is 10.1. The molecule has 0 unspecified atom stereocenters. The van der Waals surface area contributed by atoms with Gasteiger partial charge in [-0.25, -0.2) is 0 Å². The lowest BCUT2D eigenvalue weighted by molar-refractivity contribution is 0.0919. The highest BCUT2D eigenvalue weighted by Gasteiger charge is 2.21. The lowest BCUT2D eigenvalue weighted by Crippen LogP contribution is -2.35. The minimum atomic E-state index is -0.432. The van der Waals surface area contributed by atoms with Crippen molar-refractivity contribution >= 4 is 69.8 Å². The van der Waals surface area contributed by atoms with E-state index in [2.05, 4.69) is 10.6 Å². The Kier molecular flexibility index (Phi) is 9.05. The second kappa shape index (κ2) is 12.3. The number of aromatic nitrogens is 2. The highest BCUT2D eigenvalue weighted by molar-refractivity contribution is 6.45. The standard InChI is InChI=1S/C28H22Cl4N4O4/c1-35-13-15(25(37)17-5-3-7-19(29)23(17)31)11-21(35)27(39)33-9-10-34-28(40)22-12-16(14-36(22)2)26(38)18-6-4-8-20(30)24(18)32/h3-8,11-14H,9-10H2,1-2H3,(H,33,39)(H,34,40). The molecular weight excluding hydrogens is 598 g/mol. The van der Waals surface area contributed by atoms with Crippen molar-refractivity contribution in [3.63, 3.8) is 0 Å². The first-order chi connectivity index (χ1) is 19.0. The number of benzene rings is 2. The molecule has 2 amide bonds. The van der Waals surface area contributed by atoms with E-state index in [1.165, 1.54) is 33.7 Å². The van der Waals surface area contributed by atoms with E-state index in [9.17, 15) is 19.2 Å². The fourth-order valence-electron chi connectivity index (χ4n) is 4.03. The van der Waals surface area contributed by atoms with E-state index in [-0.39, 0.29) is 78.4 Å². The molecule has 40 heavy (non-hydrogen) atoms. The van der Waals surface area contributed by atoms with E-state index < -0.39 is 11.8 Å². The summed E-state index contributed by atoms with van der Waals surface area (Å²) in [5.41, 5.74) is 1.51. The molecule has 2 heterocycles. The van der Waals surface area contributed by atoms with Crippen LogP contribution in [0.3, 0.4) is 0 Å². The molecule has 2 N–H and O–H groups in total. The second-order valence-electron chi connectivity index (χ2n) is 8.82. The van der Waals surface area contributed by atoms with Gasteiger partial charge in [0, 0.05) is 61.8 Å². The van der Waals surface area contributed by atoms with Gasteiger partial charge in [0.1, 0.15) is 11.4 Å². The topological polar surface area (TPSA) is 102 Å². The molecule has 206 valence electrons. The summed E-state index contributed by atoms with van der Waals surface area (Å²) >= 11 is 24.4. The average molecular weight is 620 g/mol. The predicted molar refractivity (Wildman–Crippen MR) is 155 cm³/mol. The van der Waals surface area contributed by atoms with Gasteiger partial charge in [-0.1, -0.05) is 58.5 Å². The summed E-state index contributed by atoms with van der Waals surface area (Å²) in [6.45, 7) is 0.237. The molecule has 4 aromatic rings. The summed E-state index contributed by atoms with van der Waals surface area (Å²) in [7, 11) is 3.27. The molecule has 0 aliphatic carbocycles. The van der Waals surface area contributed by atoms with Crippen LogP contribution in [0.4, 0.5) is 0 Å². The summed E-state index contributed by atoms with van der Waals surface area (Å²) in [6.07, 6.45) is 3.06. The van der Waals surface area contributed by atoms with Gasteiger partial charge in [-0.3, -0.25) is 19.2 Å². The van der Waals surface area contributed by atoms with Gasteiger partial charge in [0.2, 0.25) is 0 Å². The number of nitrogens with zero attached hydrogens (tertiary/aromatic N) is 2. The van der Waals surface area contributed by atoms with E-state index in [0.29, 0.717) is 0 Å². The van der Waals surface area contributed by atoms with Crippen LogP contribution in [-0.4, -0.2) is 45.6 Å². The molecule has 0 spiro atoms. The van der Waals surface area contributed by atoms with Crippen LogP contribution in [0, 0.1) is 0 Å². The van der Waals surface area contributed by atoms with Gasteiger partial charge >= 0.3 is 0 Å². The summed E-state index contributed by atoms with van der Waals surface area (Å²) in [4.78, 5) is 51.2. The average Bonchev–Trinajstić information content (AvgIpc) is 3.51. The number of nitrogens with one attached hydrogen (secondary N) is 2. The van der Waals surface area contributed by atoms with Crippen LogP contribution in [0.5, 0.6) is 0 Å². The monoisotopic (exact) mass is 618 g/mol. The van der Waals surface area contributed by atoms with E-state index in [0.717, 1.165) is 0 Å². The van der Waals surface area contributed by atoms with Gasteiger partial charge in [-0.15, -0.1) is 0 Å². The molecule has 2 aromatic carbocycles. The predicted octanol–water partition coefficient (Wildman–Crippen LogP) is 5.60. The number of hydrogen-bond acceptors (Lipinski definition) is 4. The zero-order chi connectivity index (χ0) is 29.1. The fourth-order valence-corrected chi connectivity index (χ4v) is 4.80. The first-order valence-corrected chi connectivity index (χ1v) is 13.4. The van der Waals surface area contributed by atoms with Gasteiger partial charge < -0.3 is 19.8 Å². The summed E-state index contributed by atoms with van der Waals surface area (Å²) in [5.74, 6) is -1.60. The maximum atomic E-state index is 12.9. The van der Waals surface area contributed by atoms with Crippen molar-refractivity contribution in [1.82, 2.24) is 19.8 Å². The fraction of sp³-hybridized carbons (Fsp3) is 0.143. The Morgan fingerprint density at radius 3 is 1.40 bits per heavy atom. The number of aryl methyl sites for hydroxylation is 2. The van der Waals surface area contributed by atoms with E-state index in [1.807, 2.05) is 0 Å². The number of carbonyl (C=O) groups excluding carboxylic acids is 4. The molecule has 0 bridgehead atoms. The number of ketones is 2. The Balaban J connectivity index is 1.34. The van der Waals surface area contributed by atoms with Crippen LogP contribution in [-0.2, 0) is 14.1 Å². The minimum absolute atomic E-state index is 0.119. The van der Waals surface area contributed by atoms with Crippen LogP contribution >= 0.6 is 46.4 Å². The maximum Gasteiger partial charge on any atom is 0.267 e. The normalized spacial score (nSPS) is 10.8. The first-order valence-electron chi connectivity index (χ1n) is 11.9. The van der Waals surface area contributed by atoms with Crippen molar-refractivity contribution in [2.45, 2.75) is 0 Å². The zero-order valence-electron chi connectivity index (χ0n) is 21.2. The number of halogens is 4. The Hall–Kier alpha value is -3.56. The Labute approximate surface area is 249 Å². The summed E-state index contributed by atoms with van der Waals surface area (Å²) < 4.78 is 3.04.